The van der Waals surface area contributed by atoms with E-state index in [1.807, 2.05) is 0 Å². The molecule has 0 fully saturated rings. The highest BCUT2D eigenvalue weighted by molar-refractivity contribution is 6.33. The third-order valence-corrected chi connectivity index (χ3v) is 4.74. The van der Waals surface area contributed by atoms with Gasteiger partial charge in [0, 0.05) is 24.3 Å². The van der Waals surface area contributed by atoms with Crippen molar-refractivity contribution in [3.8, 4) is 0 Å². The van der Waals surface area contributed by atoms with E-state index in [9.17, 15) is 28.1 Å². The Morgan fingerprint density at radius 1 is 1.03 bits per heavy atom. The summed E-state index contributed by atoms with van der Waals surface area (Å²) in [5.74, 6) is -0.533. The van der Waals surface area contributed by atoms with Crippen LogP contribution in [0.4, 0.5) is 24.5 Å². The van der Waals surface area contributed by atoms with Gasteiger partial charge in [-0.15, -0.1) is 0 Å². The molecule has 0 unspecified atom stereocenters. The van der Waals surface area contributed by atoms with E-state index in [1.54, 1.807) is 41.2 Å². The van der Waals surface area contributed by atoms with Crippen molar-refractivity contribution >= 4 is 28.9 Å². The third kappa shape index (κ3) is 6.02. The van der Waals surface area contributed by atoms with Crippen LogP contribution < -0.4 is 9.88 Å². The molecule has 0 aliphatic rings. The number of carbonyl (C=O) groups excluding carboxylic acids is 1. The number of nitro benzene ring substituents is 1. The second kappa shape index (κ2) is 9.13. The Morgan fingerprint density at radius 3 is 2.23 bits per heavy atom. The maximum atomic E-state index is 12.8. The number of aromatic nitrogens is 1. The van der Waals surface area contributed by atoms with Gasteiger partial charge in [0.2, 0.25) is 6.54 Å². The zero-order valence-electron chi connectivity index (χ0n) is 15.9. The molecule has 6 nitrogen and oxygen atoms in total. The minimum atomic E-state index is -4.54. The van der Waals surface area contributed by atoms with Crippen LogP contribution in [0.2, 0.25) is 5.02 Å². The van der Waals surface area contributed by atoms with Crippen LogP contribution in [0.1, 0.15) is 16.7 Å². The van der Waals surface area contributed by atoms with E-state index < -0.39 is 22.6 Å². The molecule has 0 atom stereocenters. The molecule has 3 aromatic rings. The first-order chi connectivity index (χ1) is 14.6. The molecule has 3 rings (SSSR count). The van der Waals surface area contributed by atoms with Gasteiger partial charge >= 0.3 is 6.18 Å². The van der Waals surface area contributed by atoms with Crippen molar-refractivity contribution in [2.75, 3.05) is 5.32 Å². The van der Waals surface area contributed by atoms with Crippen molar-refractivity contribution in [1.82, 2.24) is 0 Å². The lowest BCUT2D eigenvalue weighted by atomic mass is 10.1. The van der Waals surface area contributed by atoms with E-state index >= 15 is 0 Å². The second-order valence-corrected chi connectivity index (χ2v) is 7.13. The van der Waals surface area contributed by atoms with Crippen molar-refractivity contribution in [1.29, 1.82) is 0 Å². The molecule has 0 aliphatic carbocycles. The first-order valence-electron chi connectivity index (χ1n) is 9.00. The summed E-state index contributed by atoms with van der Waals surface area (Å²) in [5.41, 5.74) is 0.806. The fourth-order valence-corrected chi connectivity index (χ4v) is 3.00. The molecular formula is C21H16ClF3N3O3+. The quantitative estimate of drug-likeness (QED) is 0.333. The summed E-state index contributed by atoms with van der Waals surface area (Å²) >= 11 is 5.89. The summed E-state index contributed by atoms with van der Waals surface area (Å²) < 4.78 is 40.1. The van der Waals surface area contributed by atoms with Crippen LogP contribution >= 0.6 is 11.6 Å². The summed E-state index contributed by atoms with van der Waals surface area (Å²) in [6, 6.07) is 12.5. The summed E-state index contributed by atoms with van der Waals surface area (Å²) in [6.07, 6.45) is -0.675. The molecular weight excluding hydrogens is 435 g/mol. The maximum Gasteiger partial charge on any atom is 0.416 e. The van der Waals surface area contributed by atoms with Gasteiger partial charge in [0.25, 0.3) is 11.6 Å². The minimum absolute atomic E-state index is 0.00444. The highest BCUT2D eigenvalue weighted by Gasteiger charge is 2.31. The number of hydrogen-bond donors (Lipinski definition) is 1. The molecule has 31 heavy (non-hydrogen) atoms. The number of pyridine rings is 1. The van der Waals surface area contributed by atoms with Crippen molar-refractivity contribution in [2.24, 2.45) is 0 Å². The lowest BCUT2D eigenvalue weighted by Crippen LogP contribution is -2.39. The fourth-order valence-electron chi connectivity index (χ4n) is 2.84. The molecule has 1 N–H and O–H groups in total. The van der Waals surface area contributed by atoms with E-state index in [0.717, 1.165) is 29.3 Å². The Labute approximate surface area is 180 Å². The molecule has 0 aliphatic heterocycles. The van der Waals surface area contributed by atoms with Crippen molar-refractivity contribution in [2.45, 2.75) is 19.1 Å². The minimum Gasteiger partial charge on any atom is -0.319 e. The molecule has 0 bridgehead atoms. The number of nitrogens with zero attached hydrogens (tertiary/aromatic N) is 2. The van der Waals surface area contributed by atoms with E-state index in [2.05, 4.69) is 5.32 Å². The lowest BCUT2D eigenvalue weighted by molar-refractivity contribution is -0.684. The number of anilines is 1. The SMILES string of the molecule is O=C(C[n+]1ccc(Cc2ccc([N+](=O)[O-])cc2)cc1)Nc1cc(C(F)(F)F)ccc1Cl. The molecule has 1 heterocycles. The number of nitrogens with one attached hydrogen (secondary N) is 1. The molecule has 1 amide bonds. The number of non-ortho nitro benzene ring substituents is 1. The third-order valence-electron chi connectivity index (χ3n) is 4.41. The number of benzene rings is 2. The zero-order valence-corrected chi connectivity index (χ0v) is 16.7. The highest BCUT2D eigenvalue weighted by Crippen LogP contribution is 2.33. The first-order valence-corrected chi connectivity index (χ1v) is 9.37. The van der Waals surface area contributed by atoms with E-state index in [1.165, 1.54) is 12.1 Å². The maximum absolute atomic E-state index is 12.8. The van der Waals surface area contributed by atoms with Crippen molar-refractivity contribution in [3.05, 3.63) is 98.8 Å². The average molecular weight is 451 g/mol. The van der Waals surface area contributed by atoms with Gasteiger partial charge in [0.1, 0.15) is 0 Å². The van der Waals surface area contributed by atoms with E-state index in [0.29, 0.717) is 6.42 Å². The monoisotopic (exact) mass is 450 g/mol. The topological polar surface area (TPSA) is 76.1 Å². The molecule has 160 valence electrons. The second-order valence-electron chi connectivity index (χ2n) is 6.72. The molecule has 0 saturated carbocycles. The summed E-state index contributed by atoms with van der Waals surface area (Å²) in [6.45, 7) is -0.121. The normalized spacial score (nSPS) is 11.2. The number of alkyl halides is 3. The Bertz CT molecular complexity index is 1100. The van der Waals surface area contributed by atoms with Gasteiger partial charge in [-0.2, -0.15) is 17.7 Å². The summed E-state index contributed by atoms with van der Waals surface area (Å²) in [5, 5.41) is 13.1. The molecule has 2 aromatic carbocycles. The summed E-state index contributed by atoms with van der Waals surface area (Å²) in [4.78, 5) is 22.5. The van der Waals surface area contributed by atoms with Gasteiger partial charge in [-0.05, 0) is 35.7 Å². The van der Waals surface area contributed by atoms with Gasteiger partial charge in [-0.1, -0.05) is 23.7 Å². The molecule has 10 heteroatoms. The fraction of sp³-hybridized carbons (Fsp3) is 0.143. The van der Waals surface area contributed by atoms with Crippen LogP contribution in [0, 0.1) is 10.1 Å². The largest absolute Gasteiger partial charge is 0.416 e. The molecule has 0 radical (unpaired) electrons. The smallest absolute Gasteiger partial charge is 0.319 e. The van der Waals surface area contributed by atoms with Gasteiger partial charge in [-0.25, -0.2) is 0 Å². The predicted octanol–water partition coefficient (Wildman–Crippen LogP) is 4.78. The van der Waals surface area contributed by atoms with Crippen molar-refractivity contribution in [3.63, 3.8) is 0 Å². The Hall–Kier alpha value is -3.46. The van der Waals surface area contributed by atoms with Crippen LogP contribution in [0.25, 0.3) is 0 Å². The standard InChI is InChI=1S/C21H15ClF3N3O3/c22-18-6-3-16(21(23,24)25)12-19(18)26-20(29)13-27-9-7-15(8-10-27)11-14-1-4-17(5-2-14)28(30)31/h1-10,12H,11,13H2/p+1. The van der Waals surface area contributed by atoms with Crippen LogP contribution in [-0.2, 0) is 23.9 Å². The van der Waals surface area contributed by atoms with Crippen LogP contribution in [-0.4, -0.2) is 10.8 Å². The molecule has 0 spiro atoms. The summed E-state index contributed by atoms with van der Waals surface area (Å²) in [7, 11) is 0. The number of rotatable bonds is 6. The van der Waals surface area contributed by atoms with Crippen LogP contribution in [0.5, 0.6) is 0 Å². The van der Waals surface area contributed by atoms with Gasteiger partial charge in [0.15, 0.2) is 12.4 Å². The van der Waals surface area contributed by atoms with Gasteiger partial charge in [-0.3, -0.25) is 14.9 Å². The van der Waals surface area contributed by atoms with E-state index in [4.69, 9.17) is 11.6 Å². The lowest BCUT2D eigenvalue weighted by Gasteiger charge is -2.11. The Kier molecular flexibility index (Phi) is 6.55. The van der Waals surface area contributed by atoms with Crippen LogP contribution in [0.15, 0.2) is 67.0 Å². The number of nitro groups is 1. The number of halogens is 4. The van der Waals surface area contributed by atoms with Crippen molar-refractivity contribution < 1.29 is 27.5 Å². The highest BCUT2D eigenvalue weighted by atomic mass is 35.5. The molecule has 0 saturated heterocycles. The number of carbonyl (C=O) groups is 1. The predicted molar refractivity (Wildman–Crippen MR) is 108 cm³/mol. The average Bonchev–Trinajstić information content (AvgIpc) is 2.70. The Balaban J connectivity index is 1.62. The first kappa shape index (κ1) is 22.2. The number of amides is 1. The van der Waals surface area contributed by atoms with E-state index in [-0.39, 0.29) is 22.9 Å². The number of hydrogen-bond acceptors (Lipinski definition) is 3. The zero-order chi connectivity index (χ0) is 22.6. The van der Waals surface area contributed by atoms with Gasteiger partial charge < -0.3 is 5.32 Å². The Morgan fingerprint density at radius 2 is 1.65 bits per heavy atom. The molecule has 1 aromatic heterocycles. The van der Waals surface area contributed by atoms with Gasteiger partial charge in [0.05, 0.1) is 21.2 Å². The van der Waals surface area contributed by atoms with Crippen LogP contribution in [0.3, 0.4) is 0 Å².